The van der Waals surface area contributed by atoms with Gasteiger partial charge < -0.3 is 19.4 Å². The first-order valence-electron chi connectivity index (χ1n) is 13.0. The maximum atomic E-state index is 14.1. The highest BCUT2D eigenvalue weighted by atomic mass is 19.1. The van der Waals surface area contributed by atoms with Gasteiger partial charge in [-0.3, -0.25) is 0 Å². The zero-order valence-corrected chi connectivity index (χ0v) is 22.6. The highest BCUT2D eigenvalue weighted by molar-refractivity contribution is 5.66. The molecule has 0 fully saturated rings. The number of aromatic nitrogens is 4. The highest BCUT2D eigenvalue weighted by Gasteiger charge is 2.12. The van der Waals surface area contributed by atoms with E-state index in [1.807, 2.05) is 67.6 Å². The number of hydrogen-bond acceptors (Lipinski definition) is 4. The molecular weight excluding hydrogens is 522 g/mol. The van der Waals surface area contributed by atoms with Crippen molar-refractivity contribution in [3.05, 3.63) is 121 Å². The third-order valence-electron chi connectivity index (χ3n) is 6.23. The Morgan fingerprint density at radius 2 is 1.27 bits per heavy atom. The molecule has 0 amide bonds. The first-order valence-corrected chi connectivity index (χ1v) is 13.0. The average molecular weight is 551 g/mol. The fourth-order valence-electron chi connectivity index (χ4n) is 4.20. The number of halogens is 2. The van der Waals surface area contributed by atoms with E-state index in [0.717, 1.165) is 22.8 Å². The van der Waals surface area contributed by atoms with Gasteiger partial charge in [-0.25, -0.2) is 18.7 Å². The van der Waals surface area contributed by atoms with Crippen molar-refractivity contribution in [1.29, 1.82) is 0 Å². The van der Waals surface area contributed by atoms with Crippen molar-refractivity contribution in [2.75, 3.05) is 13.7 Å². The topological polar surface area (TPSA) is 75.8 Å². The summed E-state index contributed by atoms with van der Waals surface area (Å²) in [6.45, 7) is 2.38. The van der Waals surface area contributed by atoms with Crippen LogP contribution >= 0.6 is 0 Å². The molecular formula is C33H28F2N4O2. The quantitative estimate of drug-likeness (QED) is 0.210. The van der Waals surface area contributed by atoms with Gasteiger partial charge in [0.15, 0.2) is 11.6 Å². The molecule has 0 spiro atoms. The van der Waals surface area contributed by atoms with Crippen molar-refractivity contribution in [2.24, 2.45) is 0 Å². The van der Waals surface area contributed by atoms with Crippen LogP contribution in [0.2, 0.25) is 0 Å². The normalized spacial score (nSPS) is 10.5. The average Bonchev–Trinajstić information content (AvgIpc) is 3.70. The lowest BCUT2D eigenvalue weighted by molar-refractivity contribution is 0.338. The number of nitrogens with zero attached hydrogens (tertiary/aromatic N) is 2. The predicted molar refractivity (Wildman–Crippen MR) is 157 cm³/mol. The lowest BCUT2D eigenvalue weighted by Crippen LogP contribution is -1.93. The van der Waals surface area contributed by atoms with Crippen LogP contribution in [0.1, 0.15) is 6.92 Å². The molecule has 8 heteroatoms. The molecule has 0 bridgehead atoms. The minimum atomic E-state index is -0.394. The van der Waals surface area contributed by atoms with Gasteiger partial charge >= 0.3 is 0 Å². The van der Waals surface area contributed by atoms with Gasteiger partial charge in [-0.05, 0) is 37.3 Å². The van der Waals surface area contributed by atoms with E-state index in [1.54, 1.807) is 36.7 Å². The number of rotatable bonds is 7. The van der Waals surface area contributed by atoms with Crippen LogP contribution in [-0.4, -0.2) is 33.7 Å². The zero-order chi connectivity index (χ0) is 28.6. The number of benzene rings is 4. The predicted octanol–water partition coefficient (Wildman–Crippen LogP) is 8.17. The number of ether oxygens (including phenoxy) is 2. The molecule has 206 valence electrons. The van der Waals surface area contributed by atoms with Gasteiger partial charge in [0.05, 0.1) is 25.1 Å². The lowest BCUT2D eigenvalue weighted by atomic mass is 10.1. The van der Waals surface area contributed by atoms with E-state index in [0.29, 0.717) is 34.9 Å². The SMILES string of the molecule is CCOc1ccc(-c2c[nH]c(-c3ccccc3)n2)c(F)c1.COc1ccc(-c2c[nH]c(-c3ccccc3)n2)cc1F. The first kappa shape index (κ1) is 27.3. The van der Waals surface area contributed by atoms with Crippen molar-refractivity contribution in [2.45, 2.75) is 6.92 Å². The largest absolute Gasteiger partial charge is 0.494 e. The molecule has 0 saturated heterocycles. The summed E-state index contributed by atoms with van der Waals surface area (Å²) >= 11 is 0. The standard InChI is InChI=1S/C17H15FN2O.C16H13FN2O/c1-2-21-13-8-9-14(15(18)10-13)16-11-19-17(20-16)12-6-4-3-5-7-12;1-20-15-8-7-12(9-13(15)17)14-10-18-16(19-14)11-5-3-2-4-6-11/h3-11H,2H2,1H3,(H,19,20);2-10H,1H3,(H,18,19). The van der Waals surface area contributed by atoms with Gasteiger partial charge in [0, 0.05) is 40.7 Å². The number of nitrogens with one attached hydrogen (secondary N) is 2. The summed E-state index contributed by atoms with van der Waals surface area (Å²) in [5.41, 5.74) is 4.40. The van der Waals surface area contributed by atoms with E-state index in [9.17, 15) is 8.78 Å². The van der Waals surface area contributed by atoms with E-state index in [4.69, 9.17) is 9.47 Å². The van der Waals surface area contributed by atoms with Crippen molar-refractivity contribution in [1.82, 2.24) is 19.9 Å². The molecule has 2 N–H and O–H groups in total. The number of H-pyrrole nitrogens is 2. The molecule has 6 nitrogen and oxygen atoms in total. The Hall–Kier alpha value is -5.24. The Morgan fingerprint density at radius 1 is 0.659 bits per heavy atom. The fraction of sp³-hybridized carbons (Fsp3) is 0.0909. The number of imidazole rings is 2. The van der Waals surface area contributed by atoms with E-state index < -0.39 is 5.82 Å². The molecule has 0 aliphatic rings. The van der Waals surface area contributed by atoms with Crippen LogP contribution in [0.15, 0.2) is 109 Å². The minimum absolute atomic E-state index is 0.229. The summed E-state index contributed by atoms with van der Waals surface area (Å²) in [5.74, 6) is 1.50. The molecule has 2 aromatic heterocycles. The molecule has 0 radical (unpaired) electrons. The molecule has 6 rings (SSSR count). The molecule has 6 aromatic rings. The highest BCUT2D eigenvalue weighted by Crippen LogP contribution is 2.28. The minimum Gasteiger partial charge on any atom is -0.494 e. The molecule has 41 heavy (non-hydrogen) atoms. The van der Waals surface area contributed by atoms with Crippen LogP contribution in [0.4, 0.5) is 8.78 Å². The van der Waals surface area contributed by atoms with Crippen LogP contribution in [0.25, 0.3) is 45.3 Å². The Bertz CT molecular complexity index is 1720. The smallest absolute Gasteiger partial charge is 0.165 e. The van der Waals surface area contributed by atoms with Crippen LogP contribution < -0.4 is 9.47 Å². The summed E-state index contributed by atoms with van der Waals surface area (Å²) in [4.78, 5) is 15.1. The van der Waals surface area contributed by atoms with Crippen LogP contribution in [0.3, 0.4) is 0 Å². The molecule has 0 aliphatic heterocycles. The maximum absolute atomic E-state index is 14.1. The van der Waals surface area contributed by atoms with Crippen molar-refractivity contribution >= 4 is 0 Å². The Labute approximate surface area is 236 Å². The van der Waals surface area contributed by atoms with Crippen molar-refractivity contribution in [3.8, 4) is 56.8 Å². The summed E-state index contributed by atoms with van der Waals surface area (Å²) in [5, 5.41) is 0. The van der Waals surface area contributed by atoms with Crippen molar-refractivity contribution < 1.29 is 18.3 Å². The fourth-order valence-corrected chi connectivity index (χ4v) is 4.20. The van der Waals surface area contributed by atoms with E-state index >= 15 is 0 Å². The van der Waals surface area contributed by atoms with Gasteiger partial charge in [-0.15, -0.1) is 0 Å². The summed E-state index contributed by atoms with van der Waals surface area (Å²) in [7, 11) is 1.44. The summed E-state index contributed by atoms with van der Waals surface area (Å²) in [6, 6.07) is 29.1. The number of methoxy groups -OCH3 is 1. The van der Waals surface area contributed by atoms with Gasteiger partial charge in [-0.2, -0.15) is 0 Å². The maximum Gasteiger partial charge on any atom is 0.165 e. The van der Waals surface area contributed by atoms with Gasteiger partial charge in [-0.1, -0.05) is 60.7 Å². The summed E-state index contributed by atoms with van der Waals surface area (Å²) < 4.78 is 38.0. The molecule has 0 unspecified atom stereocenters. The van der Waals surface area contributed by atoms with E-state index in [1.165, 1.54) is 19.2 Å². The van der Waals surface area contributed by atoms with Crippen LogP contribution in [0.5, 0.6) is 11.5 Å². The van der Waals surface area contributed by atoms with Gasteiger partial charge in [0.2, 0.25) is 0 Å². The molecule has 0 aliphatic carbocycles. The molecule has 0 atom stereocenters. The second-order valence-electron chi connectivity index (χ2n) is 8.92. The van der Waals surface area contributed by atoms with Crippen LogP contribution in [0, 0.1) is 11.6 Å². The molecule has 0 saturated carbocycles. The Kier molecular flexibility index (Phi) is 8.49. The second kappa shape index (κ2) is 12.7. The monoisotopic (exact) mass is 550 g/mol. The Balaban J connectivity index is 0.000000165. The third kappa shape index (κ3) is 6.50. The van der Waals surface area contributed by atoms with Gasteiger partial charge in [0.1, 0.15) is 23.2 Å². The molecule has 2 heterocycles. The summed E-state index contributed by atoms with van der Waals surface area (Å²) in [6.07, 6.45) is 3.48. The third-order valence-corrected chi connectivity index (χ3v) is 6.23. The first-order chi connectivity index (χ1) is 20.1. The van der Waals surface area contributed by atoms with Crippen LogP contribution in [-0.2, 0) is 0 Å². The zero-order valence-electron chi connectivity index (χ0n) is 22.6. The van der Waals surface area contributed by atoms with Crippen molar-refractivity contribution in [3.63, 3.8) is 0 Å². The van der Waals surface area contributed by atoms with E-state index in [2.05, 4.69) is 19.9 Å². The molecule has 4 aromatic carbocycles. The number of aromatic amines is 2. The number of hydrogen-bond donors (Lipinski definition) is 2. The van der Waals surface area contributed by atoms with Gasteiger partial charge in [0.25, 0.3) is 0 Å². The second-order valence-corrected chi connectivity index (χ2v) is 8.92. The van der Waals surface area contributed by atoms with E-state index in [-0.39, 0.29) is 11.6 Å². The Morgan fingerprint density at radius 3 is 1.83 bits per heavy atom. The lowest BCUT2D eigenvalue weighted by Gasteiger charge is -2.05.